The highest BCUT2D eigenvalue weighted by Gasteiger charge is 2.19. The molecular weight excluding hydrogens is 346 g/mol. The zero-order chi connectivity index (χ0) is 19.3. The van der Waals surface area contributed by atoms with Gasteiger partial charge in [-0.3, -0.25) is 9.78 Å². The molecule has 4 rings (SSSR count). The molecule has 1 aliphatic rings. The molecule has 0 unspecified atom stereocenters. The van der Waals surface area contributed by atoms with Crippen molar-refractivity contribution < 1.29 is 4.79 Å². The fourth-order valence-electron chi connectivity index (χ4n) is 4.19. The van der Waals surface area contributed by atoms with Gasteiger partial charge in [0, 0.05) is 24.7 Å². The van der Waals surface area contributed by atoms with Crippen LogP contribution in [-0.4, -0.2) is 24.5 Å². The highest BCUT2D eigenvalue weighted by atomic mass is 16.1. The van der Waals surface area contributed by atoms with Gasteiger partial charge in [0.1, 0.15) is 0 Å². The summed E-state index contributed by atoms with van der Waals surface area (Å²) in [5.74, 6) is 0.628. The zero-order valence-corrected chi connectivity index (χ0v) is 16.4. The maximum atomic E-state index is 13.0. The Morgan fingerprint density at radius 2 is 1.82 bits per heavy atom. The number of carbonyl (C=O) groups excluding carboxylic acids is 1. The summed E-state index contributed by atoms with van der Waals surface area (Å²) < 4.78 is 0. The molecule has 2 aromatic carbocycles. The molecule has 0 aliphatic heterocycles. The van der Waals surface area contributed by atoms with E-state index in [0.717, 1.165) is 29.1 Å². The molecule has 0 saturated heterocycles. The van der Waals surface area contributed by atoms with Crippen molar-refractivity contribution >= 4 is 28.2 Å². The highest BCUT2D eigenvalue weighted by molar-refractivity contribution is 6.08. The number of amides is 1. The van der Waals surface area contributed by atoms with E-state index >= 15 is 0 Å². The summed E-state index contributed by atoms with van der Waals surface area (Å²) >= 11 is 0. The summed E-state index contributed by atoms with van der Waals surface area (Å²) in [5.41, 5.74) is 3.33. The third kappa shape index (κ3) is 4.16. The number of aromatic nitrogens is 1. The number of hydrogen-bond donors (Lipinski definition) is 1. The summed E-state index contributed by atoms with van der Waals surface area (Å²) in [6.07, 6.45) is 8.32. The predicted octanol–water partition coefficient (Wildman–Crippen LogP) is 5.50. The standard InChI is InChI=1S/C24H27N3O/c1-27(17-18-9-3-2-4-10-18)23-14-8-6-12-21(23)24(28)26-20-15-19-11-5-7-13-22(19)25-16-20/h5-8,11-16,18H,2-4,9-10,17H2,1H3,(H,26,28). The lowest BCUT2D eigenvalue weighted by molar-refractivity contribution is 0.102. The molecule has 1 N–H and O–H groups in total. The molecule has 0 radical (unpaired) electrons. The molecule has 4 nitrogen and oxygen atoms in total. The zero-order valence-electron chi connectivity index (χ0n) is 16.4. The number of benzene rings is 2. The van der Waals surface area contributed by atoms with E-state index in [1.165, 1.54) is 32.1 Å². The maximum Gasteiger partial charge on any atom is 0.257 e. The van der Waals surface area contributed by atoms with Gasteiger partial charge < -0.3 is 10.2 Å². The number of fused-ring (bicyclic) bond motifs is 1. The summed E-state index contributed by atoms with van der Waals surface area (Å²) in [6.45, 7) is 1.00. The minimum absolute atomic E-state index is 0.0943. The van der Waals surface area contributed by atoms with Crippen LogP contribution in [0.1, 0.15) is 42.5 Å². The van der Waals surface area contributed by atoms with Crippen molar-refractivity contribution in [2.24, 2.45) is 5.92 Å². The van der Waals surface area contributed by atoms with Gasteiger partial charge in [0.25, 0.3) is 5.91 Å². The predicted molar refractivity (Wildman–Crippen MR) is 116 cm³/mol. The second-order valence-corrected chi connectivity index (χ2v) is 7.77. The van der Waals surface area contributed by atoms with Crippen LogP contribution in [0, 0.1) is 5.92 Å². The Bertz CT molecular complexity index is 963. The fraction of sp³-hybridized carbons (Fsp3) is 0.333. The van der Waals surface area contributed by atoms with Crippen LogP contribution in [-0.2, 0) is 0 Å². The van der Waals surface area contributed by atoms with Gasteiger partial charge in [-0.25, -0.2) is 0 Å². The molecule has 0 bridgehead atoms. The average molecular weight is 374 g/mol. The van der Waals surface area contributed by atoms with Crippen molar-refractivity contribution in [3.8, 4) is 0 Å². The van der Waals surface area contributed by atoms with Crippen molar-refractivity contribution in [3.05, 3.63) is 66.4 Å². The lowest BCUT2D eigenvalue weighted by Gasteiger charge is -2.29. The summed E-state index contributed by atoms with van der Waals surface area (Å²) in [7, 11) is 2.10. The van der Waals surface area contributed by atoms with Gasteiger partial charge in [0.2, 0.25) is 0 Å². The van der Waals surface area contributed by atoms with Crippen molar-refractivity contribution in [1.29, 1.82) is 0 Å². The minimum Gasteiger partial charge on any atom is -0.374 e. The van der Waals surface area contributed by atoms with Gasteiger partial charge in [-0.05, 0) is 43.0 Å². The first-order valence-corrected chi connectivity index (χ1v) is 10.2. The second-order valence-electron chi connectivity index (χ2n) is 7.77. The topological polar surface area (TPSA) is 45.2 Å². The molecule has 1 fully saturated rings. The van der Waals surface area contributed by atoms with Gasteiger partial charge in [-0.1, -0.05) is 49.6 Å². The van der Waals surface area contributed by atoms with Crippen LogP contribution in [0.25, 0.3) is 10.9 Å². The number of nitrogens with zero attached hydrogens (tertiary/aromatic N) is 2. The van der Waals surface area contributed by atoms with Crippen LogP contribution >= 0.6 is 0 Å². The molecule has 0 atom stereocenters. The van der Waals surface area contributed by atoms with Gasteiger partial charge in [-0.15, -0.1) is 0 Å². The molecule has 3 aromatic rings. The maximum absolute atomic E-state index is 13.0. The lowest BCUT2D eigenvalue weighted by atomic mass is 9.89. The molecule has 4 heteroatoms. The van der Waals surface area contributed by atoms with Gasteiger partial charge in [0.05, 0.1) is 23.0 Å². The first-order valence-electron chi connectivity index (χ1n) is 10.2. The molecule has 1 heterocycles. The van der Waals surface area contributed by atoms with Crippen molar-refractivity contribution in [3.63, 3.8) is 0 Å². The van der Waals surface area contributed by atoms with E-state index in [4.69, 9.17) is 0 Å². The Morgan fingerprint density at radius 1 is 1.07 bits per heavy atom. The Hall–Kier alpha value is -2.88. The normalized spacial score (nSPS) is 14.8. The number of hydrogen-bond acceptors (Lipinski definition) is 3. The molecule has 1 aromatic heterocycles. The quantitative estimate of drug-likeness (QED) is 0.642. The lowest BCUT2D eigenvalue weighted by Crippen LogP contribution is -2.28. The number of para-hydroxylation sites is 2. The highest BCUT2D eigenvalue weighted by Crippen LogP contribution is 2.28. The van der Waals surface area contributed by atoms with Crippen LogP contribution in [0.15, 0.2) is 60.8 Å². The van der Waals surface area contributed by atoms with Crippen LogP contribution in [0.5, 0.6) is 0 Å². The van der Waals surface area contributed by atoms with Crippen molar-refractivity contribution in [1.82, 2.24) is 4.98 Å². The number of anilines is 2. The number of rotatable bonds is 5. The molecule has 28 heavy (non-hydrogen) atoms. The van der Waals surface area contributed by atoms with E-state index in [1.54, 1.807) is 6.20 Å². The SMILES string of the molecule is CN(CC1CCCCC1)c1ccccc1C(=O)Nc1cnc2ccccc2c1. The summed E-state index contributed by atoms with van der Waals surface area (Å²) in [4.78, 5) is 19.7. The Balaban J connectivity index is 1.52. The summed E-state index contributed by atoms with van der Waals surface area (Å²) in [5, 5.41) is 4.04. The van der Waals surface area contributed by atoms with E-state index in [-0.39, 0.29) is 5.91 Å². The van der Waals surface area contributed by atoms with E-state index in [9.17, 15) is 4.79 Å². The van der Waals surface area contributed by atoms with Crippen LogP contribution in [0.4, 0.5) is 11.4 Å². The summed E-state index contributed by atoms with van der Waals surface area (Å²) in [6, 6.07) is 17.7. The number of pyridine rings is 1. The van der Waals surface area contributed by atoms with Crippen molar-refractivity contribution in [2.75, 3.05) is 23.8 Å². The minimum atomic E-state index is -0.0943. The first kappa shape index (κ1) is 18.5. The molecule has 144 valence electrons. The van der Waals surface area contributed by atoms with Gasteiger partial charge >= 0.3 is 0 Å². The van der Waals surface area contributed by atoms with E-state index < -0.39 is 0 Å². The number of carbonyl (C=O) groups is 1. The smallest absolute Gasteiger partial charge is 0.257 e. The second kappa shape index (κ2) is 8.42. The van der Waals surface area contributed by atoms with Crippen LogP contribution in [0.3, 0.4) is 0 Å². The average Bonchev–Trinajstić information content (AvgIpc) is 2.74. The number of nitrogens with one attached hydrogen (secondary N) is 1. The molecule has 1 aliphatic carbocycles. The molecular formula is C24H27N3O. The molecule has 1 saturated carbocycles. The van der Waals surface area contributed by atoms with E-state index in [1.807, 2.05) is 54.6 Å². The molecule has 0 spiro atoms. The van der Waals surface area contributed by atoms with Crippen molar-refractivity contribution in [2.45, 2.75) is 32.1 Å². The Morgan fingerprint density at radius 3 is 2.68 bits per heavy atom. The first-order chi connectivity index (χ1) is 13.7. The third-order valence-corrected chi connectivity index (χ3v) is 5.67. The Kier molecular flexibility index (Phi) is 5.56. The Labute approximate surface area is 166 Å². The van der Waals surface area contributed by atoms with Crippen LogP contribution < -0.4 is 10.2 Å². The third-order valence-electron chi connectivity index (χ3n) is 5.67. The molecule has 1 amide bonds. The fourth-order valence-corrected chi connectivity index (χ4v) is 4.19. The van der Waals surface area contributed by atoms with Crippen LogP contribution in [0.2, 0.25) is 0 Å². The van der Waals surface area contributed by atoms with Gasteiger partial charge in [0.15, 0.2) is 0 Å². The van der Waals surface area contributed by atoms with E-state index in [2.05, 4.69) is 22.2 Å². The van der Waals surface area contributed by atoms with E-state index in [0.29, 0.717) is 11.3 Å². The monoisotopic (exact) mass is 373 g/mol. The van der Waals surface area contributed by atoms with Gasteiger partial charge in [-0.2, -0.15) is 0 Å². The largest absolute Gasteiger partial charge is 0.374 e.